The molecule has 1 aromatic rings. The Bertz CT molecular complexity index is 365. The molecule has 2 rings (SSSR count). The van der Waals surface area contributed by atoms with Crippen molar-refractivity contribution in [3.63, 3.8) is 0 Å². The molecule has 3 N–H and O–H groups in total. The van der Waals surface area contributed by atoms with Crippen LogP contribution in [0.5, 0.6) is 5.75 Å². The van der Waals surface area contributed by atoms with Crippen LogP contribution in [0, 0.1) is 5.92 Å². The molecule has 1 aliphatic rings. The largest absolute Gasteiger partial charge is 0.508 e. The number of phenolic OH excluding ortho intramolecular Hbond substituents is 1. The van der Waals surface area contributed by atoms with Crippen molar-refractivity contribution in [1.29, 1.82) is 0 Å². The first kappa shape index (κ1) is 12.8. The van der Waals surface area contributed by atoms with Crippen LogP contribution in [0.1, 0.15) is 6.42 Å². The third kappa shape index (κ3) is 3.12. The standard InChI is InChI=1S/C11H14N2O2.ClH/c14-10-3-1-2-9(6-10)13-11(15)8-4-5-12-7-8;/h1-3,6,8,12,14H,4-5,7H2,(H,13,15);1H/t8-;/m1./s1. The molecule has 0 unspecified atom stereocenters. The molecule has 1 saturated heterocycles. The van der Waals surface area contributed by atoms with E-state index in [1.165, 1.54) is 0 Å². The van der Waals surface area contributed by atoms with Gasteiger partial charge in [-0.2, -0.15) is 0 Å². The van der Waals surface area contributed by atoms with Gasteiger partial charge < -0.3 is 15.7 Å². The van der Waals surface area contributed by atoms with Gasteiger partial charge in [0.25, 0.3) is 0 Å². The molecule has 0 saturated carbocycles. The molecule has 1 fully saturated rings. The third-order valence-electron chi connectivity index (χ3n) is 2.54. The molecule has 5 heteroatoms. The molecular formula is C11H15ClN2O2. The molecule has 1 heterocycles. The molecule has 1 aliphatic heterocycles. The summed E-state index contributed by atoms with van der Waals surface area (Å²) in [6.07, 6.45) is 0.880. The minimum absolute atomic E-state index is 0. The van der Waals surface area contributed by atoms with E-state index in [1.54, 1.807) is 24.3 Å². The number of nitrogens with one attached hydrogen (secondary N) is 2. The van der Waals surface area contributed by atoms with Crippen molar-refractivity contribution < 1.29 is 9.90 Å². The second-order valence-electron chi connectivity index (χ2n) is 3.73. The molecule has 0 aliphatic carbocycles. The average molecular weight is 243 g/mol. The van der Waals surface area contributed by atoms with Gasteiger partial charge in [-0.3, -0.25) is 4.79 Å². The quantitative estimate of drug-likeness (QED) is 0.734. The van der Waals surface area contributed by atoms with E-state index in [1.807, 2.05) is 0 Å². The Morgan fingerprint density at radius 1 is 1.50 bits per heavy atom. The Hall–Kier alpha value is -1.26. The summed E-state index contributed by atoms with van der Waals surface area (Å²) in [7, 11) is 0. The average Bonchev–Trinajstić information content (AvgIpc) is 2.70. The van der Waals surface area contributed by atoms with Gasteiger partial charge in [-0.25, -0.2) is 0 Å². The van der Waals surface area contributed by atoms with Crippen molar-refractivity contribution in [3.05, 3.63) is 24.3 Å². The molecule has 0 aromatic heterocycles. The number of benzene rings is 1. The van der Waals surface area contributed by atoms with Gasteiger partial charge >= 0.3 is 0 Å². The Kier molecular flexibility index (Phi) is 4.58. The van der Waals surface area contributed by atoms with Crippen LogP contribution >= 0.6 is 12.4 Å². The number of carbonyl (C=O) groups is 1. The fraction of sp³-hybridized carbons (Fsp3) is 0.364. The van der Waals surface area contributed by atoms with E-state index in [2.05, 4.69) is 10.6 Å². The maximum atomic E-state index is 11.7. The number of amides is 1. The van der Waals surface area contributed by atoms with E-state index in [9.17, 15) is 9.90 Å². The number of hydrogen-bond acceptors (Lipinski definition) is 3. The SMILES string of the molecule is Cl.O=C(Nc1cccc(O)c1)[C@@H]1CCNC1. The highest BCUT2D eigenvalue weighted by Gasteiger charge is 2.22. The smallest absolute Gasteiger partial charge is 0.228 e. The van der Waals surface area contributed by atoms with Gasteiger partial charge in [0, 0.05) is 18.3 Å². The number of hydrogen-bond donors (Lipinski definition) is 3. The summed E-state index contributed by atoms with van der Waals surface area (Å²) < 4.78 is 0. The summed E-state index contributed by atoms with van der Waals surface area (Å²) in [6, 6.07) is 6.59. The molecule has 0 spiro atoms. The van der Waals surface area contributed by atoms with Crippen LogP contribution in [0.3, 0.4) is 0 Å². The zero-order chi connectivity index (χ0) is 10.7. The van der Waals surface area contributed by atoms with Gasteiger partial charge in [0.1, 0.15) is 5.75 Å². The summed E-state index contributed by atoms with van der Waals surface area (Å²) in [5.74, 6) is 0.232. The first-order chi connectivity index (χ1) is 7.25. The number of phenols is 1. The topological polar surface area (TPSA) is 61.4 Å². The van der Waals surface area contributed by atoms with E-state index in [0.717, 1.165) is 19.5 Å². The maximum Gasteiger partial charge on any atom is 0.228 e. The molecule has 1 aromatic carbocycles. The van der Waals surface area contributed by atoms with Crippen molar-refractivity contribution in [2.45, 2.75) is 6.42 Å². The highest BCUT2D eigenvalue weighted by Crippen LogP contribution is 2.17. The van der Waals surface area contributed by atoms with Gasteiger partial charge in [0.05, 0.1) is 5.92 Å². The van der Waals surface area contributed by atoms with Crippen LogP contribution < -0.4 is 10.6 Å². The van der Waals surface area contributed by atoms with E-state index in [0.29, 0.717) is 5.69 Å². The number of anilines is 1. The van der Waals surface area contributed by atoms with Crippen molar-refractivity contribution in [3.8, 4) is 5.75 Å². The monoisotopic (exact) mass is 242 g/mol. The van der Waals surface area contributed by atoms with Crippen LogP contribution in [0.25, 0.3) is 0 Å². The number of halogens is 1. The lowest BCUT2D eigenvalue weighted by Gasteiger charge is -2.09. The van der Waals surface area contributed by atoms with Crippen LogP contribution in [-0.2, 0) is 4.79 Å². The Labute approximate surface area is 100 Å². The fourth-order valence-electron chi connectivity index (χ4n) is 1.71. The second-order valence-corrected chi connectivity index (χ2v) is 3.73. The first-order valence-electron chi connectivity index (χ1n) is 5.06. The van der Waals surface area contributed by atoms with E-state index >= 15 is 0 Å². The molecule has 0 radical (unpaired) electrons. The summed E-state index contributed by atoms with van der Waals surface area (Å²) in [5, 5.41) is 15.2. The highest BCUT2D eigenvalue weighted by molar-refractivity contribution is 5.93. The Balaban J connectivity index is 0.00000128. The third-order valence-corrected chi connectivity index (χ3v) is 2.54. The normalized spacial score (nSPS) is 18.9. The van der Waals surface area contributed by atoms with E-state index in [4.69, 9.17) is 0 Å². The minimum atomic E-state index is 0. The van der Waals surface area contributed by atoms with Gasteiger partial charge in [0.2, 0.25) is 5.91 Å². The van der Waals surface area contributed by atoms with Crippen molar-refractivity contribution in [2.24, 2.45) is 5.92 Å². The van der Waals surface area contributed by atoms with Crippen LogP contribution in [0.2, 0.25) is 0 Å². The zero-order valence-corrected chi connectivity index (χ0v) is 9.59. The lowest BCUT2D eigenvalue weighted by molar-refractivity contribution is -0.119. The Morgan fingerprint density at radius 3 is 2.94 bits per heavy atom. The number of carbonyl (C=O) groups excluding carboxylic acids is 1. The lowest BCUT2D eigenvalue weighted by atomic mass is 10.1. The molecule has 88 valence electrons. The molecule has 0 bridgehead atoms. The lowest BCUT2D eigenvalue weighted by Crippen LogP contribution is -2.24. The number of rotatable bonds is 2. The minimum Gasteiger partial charge on any atom is -0.508 e. The predicted molar refractivity (Wildman–Crippen MR) is 65.0 cm³/mol. The second kappa shape index (κ2) is 5.72. The fourth-order valence-corrected chi connectivity index (χ4v) is 1.71. The summed E-state index contributed by atoms with van der Waals surface area (Å²) >= 11 is 0. The Morgan fingerprint density at radius 2 is 2.31 bits per heavy atom. The van der Waals surface area contributed by atoms with Crippen molar-refractivity contribution >= 4 is 24.0 Å². The van der Waals surface area contributed by atoms with Crippen LogP contribution in [0.4, 0.5) is 5.69 Å². The summed E-state index contributed by atoms with van der Waals surface area (Å²) in [4.78, 5) is 11.7. The molecular weight excluding hydrogens is 228 g/mol. The molecule has 1 amide bonds. The van der Waals surface area contributed by atoms with Crippen LogP contribution in [-0.4, -0.2) is 24.1 Å². The van der Waals surface area contributed by atoms with Crippen molar-refractivity contribution in [2.75, 3.05) is 18.4 Å². The zero-order valence-electron chi connectivity index (χ0n) is 8.77. The van der Waals surface area contributed by atoms with Gasteiger partial charge in [-0.05, 0) is 25.1 Å². The van der Waals surface area contributed by atoms with E-state index in [-0.39, 0.29) is 30.0 Å². The van der Waals surface area contributed by atoms with Gasteiger partial charge in [-0.15, -0.1) is 12.4 Å². The predicted octanol–water partition coefficient (Wildman–Crippen LogP) is 1.36. The van der Waals surface area contributed by atoms with E-state index < -0.39 is 0 Å². The van der Waals surface area contributed by atoms with Crippen LogP contribution in [0.15, 0.2) is 24.3 Å². The highest BCUT2D eigenvalue weighted by atomic mass is 35.5. The van der Waals surface area contributed by atoms with Gasteiger partial charge in [0.15, 0.2) is 0 Å². The maximum absolute atomic E-state index is 11.7. The summed E-state index contributed by atoms with van der Waals surface area (Å²) in [6.45, 7) is 1.64. The molecule has 4 nitrogen and oxygen atoms in total. The van der Waals surface area contributed by atoms with Crippen molar-refractivity contribution in [1.82, 2.24) is 5.32 Å². The number of aromatic hydroxyl groups is 1. The first-order valence-corrected chi connectivity index (χ1v) is 5.06. The molecule has 1 atom stereocenters. The van der Waals surface area contributed by atoms with Gasteiger partial charge in [-0.1, -0.05) is 6.07 Å². The molecule has 16 heavy (non-hydrogen) atoms. The summed E-state index contributed by atoms with van der Waals surface area (Å²) in [5.41, 5.74) is 0.645.